The molecule has 0 spiro atoms. The molecule has 3 rings (SSSR count). The van der Waals surface area contributed by atoms with E-state index in [1.807, 2.05) is 0 Å². The molecular formula is C19H22N4O3. The Balaban J connectivity index is 1.53. The number of anilines is 1. The summed E-state index contributed by atoms with van der Waals surface area (Å²) in [6, 6.07) is 6.98. The average molecular weight is 354 g/mol. The summed E-state index contributed by atoms with van der Waals surface area (Å²) < 4.78 is 5.56. The van der Waals surface area contributed by atoms with Crippen molar-refractivity contribution in [1.29, 1.82) is 0 Å². The zero-order valence-electron chi connectivity index (χ0n) is 14.6. The molecule has 0 radical (unpaired) electrons. The number of carbonyl (C=O) groups excluding carboxylic acids is 2. The number of aromatic nitrogens is 2. The molecule has 0 saturated carbocycles. The topological polar surface area (TPSA) is 84.4 Å². The van der Waals surface area contributed by atoms with Crippen LogP contribution in [0.3, 0.4) is 0 Å². The Morgan fingerprint density at radius 3 is 2.69 bits per heavy atom. The van der Waals surface area contributed by atoms with Crippen LogP contribution in [0.1, 0.15) is 32.1 Å². The number of hydrogen-bond donors (Lipinski definition) is 1. The monoisotopic (exact) mass is 354 g/mol. The summed E-state index contributed by atoms with van der Waals surface area (Å²) in [6.45, 7) is 0.744. The second kappa shape index (κ2) is 8.94. The van der Waals surface area contributed by atoms with E-state index in [0.717, 1.165) is 25.7 Å². The van der Waals surface area contributed by atoms with Crippen molar-refractivity contribution in [1.82, 2.24) is 14.9 Å². The minimum absolute atomic E-state index is 0.0626. The number of amides is 2. The molecular weight excluding hydrogens is 332 g/mol. The summed E-state index contributed by atoms with van der Waals surface area (Å²) in [7, 11) is 0. The summed E-state index contributed by atoms with van der Waals surface area (Å²) in [5, 5.41) is 2.82. The van der Waals surface area contributed by atoms with E-state index in [9.17, 15) is 9.59 Å². The first kappa shape index (κ1) is 17.8. The highest BCUT2D eigenvalue weighted by Crippen LogP contribution is 2.20. The maximum absolute atomic E-state index is 12.2. The van der Waals surface area contributed by atoms with Crippen molar-refractivity contribution in [2.45, 2.75) is 32.1 Å². The molecule has 0 bridgehead atoms. The van der Waals surface area contributed by atoms with Crippen LogP contribution in [0.4, 0.5) is 5.69 Å². The molecule has 7 heteroatoms. The van der Waals surface area contributed by atoms with Crippen molar-refractivity contribution in [3.05, 3.63) is 42.9 Å². The first-order valence-corrected chi connectivity index (χ1v) is 8.82. The fraction of sp³-hybridized carbons (Fsp3) is 0.368. The van der Waals surface area contributed by atoms with Gasteiger partial charge >= 0.3 is 0 Å². The van der Waals surface area contributed by atoms with Gasteiger partial charge in [-0.1, -0.05) is 12.8 Å². The van der Waals surface area contributed by atoms with Crippen LogP contribution in [-0.4, -0.2) is 39.8 Å². The van der Waals surface area contributed by atoms with Gasteiger partial charge in [0.05, 0.1) is 12.7 Å². The fourth-order valence-corrected chi connectivity index (χ4v) is 2.82. The van der Waals surface area contributed by atoms with E-state index in [-0.39, 0.29) is 18.4 Å². The van der Waals surface area contributed by atoms with E-state index < -0.39 is 0 Å². The van der Waals surface area contributed by atoms with E-state index in [0.29, 0.717) is 30.3 Å². The van der Waals surface area contributed by atoms with Crippen LogP contribution >= 0.6 is 0 Å². The van der Waals surface area contributed by atoms with E-state index in [2.05, 4.69) is 15.3 Å². The molecule has 0 unspecified atom stereocenters. The van der Waals surface area contributed by atoms with Crippen LogP contribution in [-0.2, 0) is 9.59 Å². The van der Waals surface area contributed by atoms with Gasteiger partial charge in [-0.05, 0) is 37.1 Å². The van der Waals surface area contributed by atoms with Crippen molar-refractivity contribution in [3.8, 4) is 11.6 Å². The minimum atomic E-state index is -0.193. The summed E-state index contributed by atoms with van der Waals surface area (Å²) in [5.74, 6) is 0.872. The number of nitrogens with one attached hydrogen (secondary N) is 1. The zero-order chi connectivity index (χ0) is 18.2. The van der Waals surface area contributed by atoms with Gasteiger partial charge < -0.3 is 15.0 Å². The summed E-state index contributed by atoms with van der Waals surface area (Å²) in [4.78, 5) is 34.0. The highest BCUT2D eigenvalue weighted by molar-refractivity contribution is 5.94. The van der Waals surface area contributed by atoms with E-state index in [1.54, 1.807) is 41.6 Å². The van der Waals surface area contributed by atoms with Gasteiger partial charge in [-0.25, -0.2) is 4.98 Å². The lowest BCUT2D eigenvalue weighted by molar-refractivity contribution is -0.135. The molecule has 1 aliphatic rings. The van der Waals surface area contributed by atoms with Crippen LogP contribution < -0.4 is 10.1 Å². The maximum atomic E-state index is 12.2. The Kier molecular flexibility index (Phi) is 6.14. The number of rotatable bonds is 5. The van der Waals surface area contributed by atoms with Gasteiger partial charge in [-0.15, -0.1) is 0 Å². The number of likely N-dealkylation sites (tertiary alicyclic amines) is 1. The lowest BCUT2D eigenvalue weighted by Crippen LogP contribution is -2.39. The first-order valence-electron chi connectivity index (χ1n) is 8.82. The second-order valence-corrected chi connectivity index (χ2v) is 6.20. The predicted molar refractivity (Wildman–Crippen MR) is 96.8 cm³/mol. The number of carbonyl (C=O) groups is 2. The summed E-state index contributed by atoms with van der Waals surface area (Å²) in [6.07, 6.45) is 9.24. The average Bonchev–Trinajstić information content (AvgIpc) is 2.64. The Morgan fingerprint density at radius 1 is 1.12 bits per heavy atom. The Bertz CT molecular complexity index is 734. The molecule has 7 nitrogen and oxygen atoms in total. The van der Waals surface area contributed by atoms with Gasteiger partial charge in [0.1, 0.15) is 5.75 Å². The predicted octanol–water partition coefficient (Wildman–Crippen LogP) is 3.00. The molecule has 1 N–H and O–H groups in total. The van der Waals surface area contributed by atoms with E-state index >= 15 is 0 Å². The maximum Gasteiger partial charge on any atom is 0.243 e. The van der Waals surface area contributed by atoms with E-state index in [4.69, 9.17) is 4.74 Å². The molecule has 2 aromatic rings. The SMILES string of the molecule is O=C(CN1CCCCCCC1=O)Nc1ccc(Oc2cnccn2)cc1. The van der Waals surface area contributed by atoms with Crippen molar-refractivity contribution in [2.24, 2.45) is 0 Å². The number of ether oxygens (including phenoxy) is 1. The molecule has 1 fully saturated rings. The summed E-state index contributed by atoms with van der Waals surface area (Å²) >= 11 is 0. The number of hydrogen-bond acceptors (Lipinski definition) is 5. The van der Waals surface area contributed by atoms with Crippen molar-refractivity contribution >= 4 is 17.5 Å². The smallest absolute Gasteiger partial charge is 0.243 e. The highest BCUT2D eigenvalue weighted by Gasteiger charge is 2.18. The highest BCUT2D eigenvalue weighted by atomic mass is 16.5. The van der Waals surface area contributed by atoms with Crippen molar-refractivity contribution in [3.63, 3.8) is 0 Å². The van der Waals surface area contributed by atoms with Crippen molar-refractivity contribution < 1.29 is 14.3 Å². The fourth-order valence-electron chi connectivity index (χ4n) is 2.82. The molecule has 136 valence electrons. The molecule has 2 amide bonds. The van der Waals surface area contributed by atoms with Gasteiger partial charge in [0.25, 0.3) is 0 Å². The molecule has 1 aromatic carbocycles. The van der Waals surface area contributed by atoms with Gasteiger partial charge in [-0.2, -0.15) is 0 Å². The zero-order valence-corrected chi connectivity index (χ0v) is 14.6. The number of nitrogens with zero attached hydrogens (tertiary/aromatic N) is 3. The van der Waals surface area contributed by atoms with Gasteiger partial charge in [0.15, 0.2) is 0 Å². The summed E-state index contributed by atoms with van der Waals surface area (Å²) in [5.41, 5.74) is 0.654. The van der Waals surface area contributed by atoms with E-state index in [1.165, 1.54) is 6.20 Å². The van der Waals surface area contributed by atoms with Crippen LogP contribution in [0.2, 0.25) is 0 Å². The molecule has 1 aromatic heterocycles. The first-order chi connectivity index (χ1) is 12.7. The largest absolute Gasteiger partial charge is 0.438 e. The molecule has 0 atom stereocenters. The second-order valence-electron chi connectivity index (χ2n) is 6.20. The third kappa shape index (κ3) is 5.27. The van der Waals surface area contributed by atoms with Gasteiger partial charge in [-0.3, -0.25) is 14.6 Å². The minimum Gasteiger partial charge on any atom is -0.438 e. The standard InChI is InChI=1S/C19H22N4O3/c24-17(14-23-12-4-2-1-3-5-19(23)25)22-15-6-8-16(9-7-15)26-18-13-20-10-11-21-18/h6-11,13H,1-5,12,14H2,(H,22,24). The Morgan fingerprint density at radius 2 is 1.92 bits per heavy atom. The lowest BCUT2D eigenvalue weighted by Gasteiger charge is -2.24. The molecule has 2 heterocycles. The van der Waals surface area contributed by atoms with Gasteiger partial charge in [0.2, 0.25) is 17.7 Å². The molecule has 26 heavy (non-hydrogen) atoms. The lowest BCUT2D eigenvalue weighted by atomic mass is 10.1. The molecule has 1 saturated heterocycles. The Hall–Kier alpha value is -2.96. The third-order valence-corrected chi connectivity index (χ3v) is 4.16. The third-order valence-electron chi connectivity index (χ3n) is 4.16. The van der Waals surface area contributed by atoms with Gasteiger partial charge in [0, 0.05) is 31.0 Å². The normalized spacial score (nSPS) is 15.1. The number of benzene rings is 1. The van der Waals surface area contributed by atoms with Crippen LogP contribution in [0.25, 0.3) is 0 Å². The van der Waals surface area contributed by atoms with Crippen molar-refractivity contribution in [2.75, 3.05) is 18.4 Å². The quantitative estimate of drug-likeness (QED) is 0.892. The van der Waals surface area contributed by atoms with Crippen LogP contribution in [0.5, 0.6) is 11.6 Å². The Labute approximate surface area is 152 Å². The van der Waals surface area contributed by atoms with Crippen LogP contribution in [0, 0.1) is 0 Å². The molecule has 1 aliphatic heterocycles. The molecule has 0 aliphatic carbocycles. The van der Waals surface area contributed by atoms with Crippen LogP contribution in [0.15, 0.2) is 42.9 Å².